The molecule has 122 valence electrons. The molecule has 0 radical (unpaired) electrons. The minimum atomic E-state index is -0.203. The zero-order valence-electron chi connectivity index (χ0n) is 13.1. The molecular formula is C15H19N5O3. The van der Waals surface area contributed by atoms with E-state index in [0.29, 0.717) is 18.8 Å². The van der Waals surface area contributed by atoms with Crippen LogP contribution in [0.1, 0.15) is 18.9 Å². The van der Waals surface area contributed by atoms with Crippen LogP contribution in [0, 0.1) is 0 Å². The molecule has 2 aromatic rings. The highest BCUT2D eigenvalue weighted by molar-refractivity contribution is 5.89. The number of benzene rings is 1. The molecule has 0 atom stereocenters. The Morgan fingerprint density at radius 2 is 2.13 bits per heavy atom. The number of carbonyl (C=O) groups is 2. The van der Waals surface area contributed by atoms with Crippen molar-refractivity contribution in [1.82, 2.24) is 20.3 Å². The molecule has 0 bridgehead atoms. The number of methoxy groups -OCH3 is 1. The molecule has 8 nitrogen and oxygen atoms in total. The van der Waals surface area contributed by atoms with Crippen molar-refractivity contribution in [2.75, 3.05) is 12.4 Å². The number of nitrogens with one attached hydrogen (secondary N) is 2. The lowest BCUT2D eigenvalue weighted by Crippen LogP contribution is -2.27. The van der Waals surface area contributed by atoms with E-state index in [-0.39, 0.29) is 18.4 Å². The van der Waals surface area contributed by atoms with Crippen LogP contribution in [0.5, 0.6) is 5.75 Å². The summed E-state index contributed by atoms with van der Waals surface area (Å²) in [5.74, 6) is 0.715. The molecule has 2 amide bonds. The van der Waals surface area contributed by atoms with Crippen LogP contribution in [0.15, 0.2) is 30.5 Å². The summed E-state index contributed by atoms with van der Waals surface area (Å²) in [5, 5.41) is 12.9. The second kappa shape index (κ2) is 7.92. The van der Waals surface area contributed by atoms with Crippen LogP contribution >= 0.6 is 0 Å². The Kier molecular flexibility index (Phi) is 5.67. The van der Waals surface area contributed by atoms with Crippen LogP contribution in [-0.4, -0.2) is 33.9 Å². The van der Waals surface area contributed by atoms with Gasteiger partial charge in [-0.1, -0.05) is 24.3 Å². The van der Waals surface area contributed by atoms with Crippen LogP contribution in [-0.2, 0) is 22.7 Å². The van der Waals surface area contributed by atoms with Crippen molar-refractivity contribution in [3.63, 3.8) is 0 Å². The van der Waals surface area contributed by atoms with E-state index in [1.165, 1.54) is 10.9 Å². The van der Waals surface area contributed by atoms with Gasteiger partial charge < -0.3 is 15.4 Å². The van der Waals surface area contributed by atoms with Gasteiger partial charge >= 0.3 is 0 Å². The molecular weight excluding hydrogens is 298 g/mol. The number of aromatic nitrogens is 3. The van der Waals surface area contributed by atoms with Crippen molar-refractivity contribution in [3.8, 4) is 5.75 Å². The SMILES string of the molecule is CCC(=O)Nc1cn(CC(=O)NCc2cccc(OC)c2)nn1. The van der Waals surface area contributed by atoms with Crippen molar-refractivity contribution in [3.05, 3.63) is 36.0 Å². The number of hydrogen-bond acceptors (Lipinski definition) is 5. The maximum absolute atomic E-state index is 11.9. The first-order valence-corrected chi connectivity index (χ1v) is 7.20. The van der Waals surface area contributed by atoms with Crippen molar-refractivity contribution in [2.45, 2.75) is 26.4 Å². The molecule has 0 fully saturated rings. The van der Waals surface area contributed by atoms with E-state index in [1.54, 1.807) is 14.0 Å². The molecule has 1 heterocycles. The van der Waals surface area contributed by atoms with Crippen molar-refractivity contribution in [1.29, 1.82) is 0 Å². The van der Waals surface area contributed by atoms with Crippen LogP contribution < -0.4 is 15.4 Å². The molecule has 0 unspecified atom stereocenters. The minimum Gasteiger partial charge on any atom is -0.497 e. The summed E-state index contributed by atoms with van der Waals surface area (Å²) < 4.78 is 6.50. The van der Waals surface area contributed by atoms with Gasteiger partial charge in [-0.3, -0.25) is 9.59 Å². The standard InChI is InChI=1S/C15H19N5O3/c1-3-14(21)17-13-9-20(19-18-13)10-15(22)16-8-11-5-4-6-12(7-11)23-2/h4-7,9H,3,8,10H2,1-2H3,(H,16,22)(H,17,21). The Morgan fingerprint density at radius 3 is 2.87 bits per heavy atom. The minimum absolute atomic E-state index is 0.0267. The molecule has 0 saturated heterocycles. The summed E-state index contributed by atoms with van der Waals surface area (Å²) in [5.41, 5.74) is 0.937. The summed E-state index contributed by atoms with van der Waals surface area (Å²) in [4.78, 5) is 23.2. The fraction of sp³-hybridized carbons (Fsp3) is 0.333. The second-order valence-electron chi connectivity index (χ2n) is 4.83. The van der Waals surface area contributed by atoms with Gasteiger partial charge in [-0.25, -0.2) is 4.68 Å². The average Bonchev–Trinajstić information content (AvgIpc) is 2.99. The Morgan fingerprint density at radius 1 is 1.30 bits per heavy atom. The van der Waals surface area contributed by atoms with Gasteiger partial charge in [0.15, 0.2) is 5.82 Å². The van der Waals surface area contributed by atoms with Gasteiger partial charge in [0, 0.05) is 13.0 Å². The van der Waals surface area contributed by atoms with Crippen molar-refractivity contribution < 1.29 is 14.3 Å². The normalized spacial score (nSPS) is 10.2. The molecule has 8 heteroatoms. The first-order chi connectivity index (χ1) is 11.1. The molecule has 1 aromatic heterocycles. The zero-order valence-corrected chi connectivity index (χ0v) is 13.1. The Hall–Kier alpha value is -2.90. The van der Waals surface area contributed by atoms with E-state index >= 15 is 0 Å². The number of amides is 2. The van der Waals surface area contributed by atoms with Crippen molar-refractivity contribution in [2.24, 2.45) is 0 Å². The first kappa shape index (κ1) is 16.5. The summed E-state index contributed by atoms with van der Waals surface area (Å²) in [6.07, 6.45) is 1.87. The predicted octanol–water partition coefficient (Wildman–Crippen LogP) is 0.952. The van der Waals surface area contributed by atoms with Crippen LogP contribution in [0.25, 0.3) is 0 Å². The number of rotatable bonds is 7. The van der Waals surface area contributed by atoms with Gasteiger partial charge in [0.2, 0.25) is 11.8 Å². The molecule has 2 rings (SSSR count). The third kappa shape index (κ3) is 5.10. The van der Waals surface area contributed by atoms with Gasteiger partial charge in [0.1, 0.15) is 12.3 Å². The van der Waals surface area contributed by atoms with E-state index < -0.39 is 0 Å². The highest BCUT2D eigenvalue weighted by atomic mass is 16.5. The maximum atomic E-state index is 11.9. The van der Waals surface area contributed by atoms with E-state index in [0.717, 1.165) is 11.3 Å². The summed E-state index contributed by atoms with van der Waals surface area (Å²) >= 11 is 0. The third-order valence-corrected chi connectivity index (χ3v) is 3.06. The smallest absolute Gasteiger partial charge is 0.242 e. The average molecular weight is 317 g/mol. The Balaban J connectivity index is 1.83. The first-order valence-electron chi connectivity index (χ1n) is 7.20. The quantitative estimate of drug-likeness (QED) is 0.792. The highest BCUT2D eigenvalue weighted by Gasteiger charge is 2.08. The van der Waals surface area contributed by atoms with Crippen molar-refractivity contribution >= 4 is 17.6 Å². The van der Waals surface area contributed by atoms with Gasteiger partial charge in [-0.2, -0.15) is 0 Å². The van der Waals surface area contributed by atoms with Gasteiger partial charge in [0.05, 0.1) is 13.3 Å². The Bertz CT molecular complexity index is 683. The Labute approximate surface area is 133 Å². The topological polar surface area (TPSA) is 98.1 Å². The van der Waals surface area contributed by atoms with Gasteiger partial charge in [-0.05, 0) is 17.7 Å². The predicted molar refractivity (Wildman–Crippen MR) is 83.8 cm³/mol. The third-order valence-electron chi connectivity index (χ3n) is 3.06. The second-order valence-corrected chi connectivity index (χ2v) is 4.83. The maximum Gasteiger partial charge on any atom is 0.242 e. The lowest BCUT2D eigenvalue weighted by atomic mass is 10.2. The van der Waals surface area contributed by atoms with E-state index in [1.807, 2.05) is 24.3 Å². The van der Waals surface area contributed by atoms with E-state index in [9.17, 15) is 9.59 Å². The number of carbonyl (C=O) groups excluding carboxylic acids is 2. The molecule has 0 aliphatic rings. The number of anilines is 1. The molecule has 0 aliphatic heterocycles. The number of hydrogen-bond donors (Lipinski definition) is 2. The fourth-order valence-electron chi connectivity index (χ4n) is 1.85. The van der Waals surface area contributed by atoms with Crippen LogP contribution in [0.2, 0.25) is 0 Å². The largest absolute Gasteiger partial charge is 0.497 e. The molecule has 23 heavy (non-hydrogen) atoms. The fourth-order valence-corrected chi connectivity index (χ4v) is 1.85. The van der Waals surface area contributed by atoms with Gasteiger partial charge in [-0.15, -0.1) is 5.10 Å². The molecule has 0 aliphatic carbocycles. The molecule has 2 N–H and O–H groups in total. The monoisotopic (exact) mass is 317 g/mol. The number of ether oxygens (including phenoxy) is 1. The zero-order chi connectivity index (χ0) is 16.7. The summed E-state index contributed by atoms with van der Waals surface area (Å²) in [6, 6.07) is 7.46. The molecule has 0 saturated carbocycles. The lowest BCUT2D eigenvalue weighted by Gasteiger charge is -2.06. The highest BCUT2D eigenvalue weighted by Crippen LogP contribution is 2.12. The van der Waals surface area contributed by atoms with Gasteiger partial charge in [0.25, 0.3) is 0 Å². The lowest BCUT2D eigenvalue weighted by molar-refractivity contribution is -0.122. The summed E-state index contributed by atoms with van der Waals surface area (Å²) in [6.45, 7) is 2.16. The van der Waals surface area contributed by atoms with E-state index in [2.05, 4.69) is 20.9 Å². The number of nitrogens with zero attached hydrogens (tertiary/aromatic N) is 3. The van der Waals surface area contributed by atoms with Crippen LogP contribution in [0.3, 0.4) is 0 Å². The molecule has 0 spiro atoms. The van der Waals surface area contributed by atoms with Crippen LogP contribution in [0.4, 0.5) is 5.82 Å². The molecule has 1 aromatic carbocycles. The summed E-state index contributed by atoms with van der Waals surface area (Å²) in [7, 11) is 1.59. The van der Waals surface area contributed by atoms with E-state index in [4.69, 9.17) is 4.74 Å².